The molecule has 3 heteroatoms. The average molecular weight is 183 g/mol. The van der Waals surface area contributed by atoms with Crippen molar-refractivity contribution in [3.8, 4) is 0 Å². The first-order valence-corrected chi connectivity index (χ1v) is 5.12. The van der Waals surface area contributed by atoms with E-state index in [-0.39, 0.29) is 18.1 Å². The number of carbonyl (C=O) groups is 1. The summed E-state index contributed by atoms with van der Waals surface area (Å²) in [6.07, 6.45) is 3.11. The predicted molar refractivity (Wildman–Crippen MR) is 49.3 cm³/mol. The van der Waals surface area contributed by atoms with E-state index in [1.54, 1.807) is 0 Å². The molecule has 0 aromatic heterocycles. The standard InChI is InChI=1S/C10H17NO2/c1-6-5-8(6)11-10(12)9-4-3-7(2)13-9/h6-9H,3-5H2,1-2H3,(H,11,12)/t6-,7+,8-,9+/m1/s1. The predicted octanol–water partition coefficient (Wildman–Crippen LogP) is 1.08. The van der Waals surface area contributed by atoms with Gasteiger partial charge in [-0.05, 0) is 32.1 Å². The number of hydrogen-bond donors (Lipinski definition) is 1. The van der Waals surface area contributed by atoms with E-state index in [9.17, 15) is 4.79 Å². The Morgan fingerprint density at radius 2 is 2.08 bits per heavy atom. The van der Waals surface area contributed by atoms with Crippen LogP contribution in [0.5, 0.6) is 0 Å². The van der Waals surface area contributed by atoms with E-state index < -0.39 is 0 Å². The zero-order chi connectivity index (χ0) is 9.42. The van der Waals surface area contributed by atoms with Crippen LogP contribution in [0.3, 0.4) is 0 Å². The molecular weight excluding hydrogens is 166 g/mol. The van der Waals surface area contributed by atoms with Crippen molar-refractivity contribution < 1.29 is 9.53 Å². The summed E-state index contributed by atoms with van der Waals surface area (Å²) in [5.41, 5.74) is 0. The lowest BCUT2D eigenvalue weighted by molar-refractivity contribution is -0.131. The number of rotatable bonds is 2. The van der Waals surface area contributed by atoms with Crippen molar-refractivity contribution in [2.45, 2.75) is 51.4 Å². The summed E-state index contributed by atoms with van der Waals surface area (Å²) in [6.45, 7) is 4.18. The molecule has 1 amide bonds. The van der Waals surface area contributed by atoms with Crippen molar-refractivity contribution in [2.75, 3.05) is 0 Å². The van der Waals surface area contributed by atoms with Gasteiger partial charge in [0.15, 0.2) is 0 Å². The fourth-order valence-electron chi connectivity index (χ4n) is 1.79. The average Bonchev–Trinajstić information content (AvgIpc) is 2.62. The highest BCUT2D eigenvalue weighted by Gasteiger charge is 2.37. The highest BCUT2D eigenvalue weighted by Crippen LogP contribution is 2.29. The number of nitrogens with one attached hydrogen (secondary N) is 1. The maximum absolute atomic E-state index is 11.6. The lowest BCUT2D eigenvalue weighted by Gasteiger charge is -2.10. The summed E-state index contributed by atoms with van der Waals surface area (Å²) in [5.74, 6) is 0.765. The van der Waals surface area contributed by atoms with Crippen LogP contribution in [0.2, 0.25) is 0 Å². The SMILES string of the molecule is C[C@@H]1C[C@H]1NC(=O)[C@@H]1CC[C@H](C)O1. The Morgan fingerprint density at radius 1 is 1.38 bits per heavy atom. The second-order valence-electron chi connectivity index (χ2n) is 4.34. The van der Waals surface area contributed by atoms with Gasteiger partial charge in [0.25, 0.3) is 0 Å². The molecule has 2 aliphatic rings. The monoisotopic (exact) mass is 183 g/mol. The van der Waals surface area contributed by atoms with Crippen molar-refractivity contribution in [2.24, 2.45) is 5.92 Å². The Labute approximate surface area is 78.8 Å². The quantitative estimate of drug-likeness (QED) is 0.695. The van der Waals surface area contributed by atoms with Crippen LogP contribution in [0, 0.1) is 5.92 Å². The first-order valence-electron chi connectivity index (χ1n) is 5.12. The molecule has 3 nitrogen and oxygen atoms in total. The van der Waals surface area contributed by atoms with E-state index in [4.69, 9.17) is 4.74 Å². The second kappa shape index (κ2) is 3.29. The third-order valence-corrected chi connectivity index (χ3v) is 2.96. The van der Waals surface area contributed by atoms with E-state index >= 15 is 0 Å². The minimum Gasteiger partial charge on any atom is -0.365 e. The van der Waals surface area contributed by atoms with Gasteiger partial charge in [-0.25, -0.2) is 0 Å². The van der Waals surface area contributed by atoms with Crippen LogP contribution in [0.15, 0.2) is 0 Å². The van der Waals surface area contributed by atoms with Crippen molar-refractivity contribution >= 4 is 5.91 Å². The molecule has 1 saturated carbocycles. The molecule has 1 heterocycles. The Hall–Kier alpha value is -0.570. The van der Waals surface area contributed by atoms with Crippen LogP contribution < -0.4 is 5.32 Å². The first kappa shape index (κ1) is 9.00. The summed E-state index contributed by atoms with van der Waals surface area (Å²) < 4.78 is 5.47. The minimum atomic E-state index is -0.178. The molecule has 0 aromatic rings. The van der Waals surface area contributed by atoms with E-state index in [0.29, 0.717) is 12.0 Å². The molecule has 2 fully saturated rings. The number of hydrogen-bond acceptors (Lipinski definition) is 2. The third-order valence-electron chi connectivity index (χ3n) is 2.96. The smallest absolute Gasteiger partial charge is 0.249 e. The van der Waals surface area contributed by atoms with Gasteiger partial charge in [0.1, 0.15) is 6.10 Å². The summed E-state index contributed by atoms with van der Waals surface area (Å²) in [5, 5.41) is 3.00. The van der Waals surface area contributed by atoms with Crippen molar-refractivity contribution in [1.82, 2.24) is 5.32 Å². The van der Waals surface area contributed by atoms with Crippen LogP contribution >= 0.6 is 0 Å². The molecule has 0 aromatic carbocycles. The summed E-state index contributed by atoms with van der Waals surface area (Å²) >= 11 is 0. The van der Waals surface area contributed by atoms with Gasteiger partial charge in [0.05, 0.1) is 6.10 Å². The van der Waals surface area contributed by atoms with Crippen molar-refractivity contribution in [3.63, 3.8) is 0 Å². The number of amides is 1. The molecular formula is C10H17NO2. The molecule has 4 atom stereocenters. The molecule has 0 radical (unpaired) electrons. The van der Waals surface area contributed by atoms with Gasteiger partial charge < -0.3 is 10.1 Å². The van der Waals surface area contributed by atoms with Gasteiger partial charge in [0, 0.05) is 6.04 Å². The molecule has 0 spiro atoms. The van der Waals surface area contributed by atoms with Gasteiger partial charge >= 0.3 is 0 Å². The van der Waals surface area contributed by atoms with Gasteiger partial charge in [-0.1, -0.05) is 6.92 Å². The van der Waals surface area contributed by atoms with Crippen LogP contribution in [0.25, 0.3) is 0 Å². The Kier molecular flexibility index (Phi) is 2.28. The molecule has 0 unspecified atom stereocenters. The fraction of sp³-hybridized carbons (Fsp3) is 0.900. The number of carbonyl (C=O) groups excluding carboxylic acids is 1. The Balaban J connectivity index is 1.77. The van der Waals surface area contributed by atoms with E-state index in [1.807, 2.05) is 6.92 Å². The molecule has 1 aliphatic carbocycles. The maximum Gasteiger partial charge on any atom is 0.249 e. The summed E-state index contributed by atoms with van der Waals surface area (Å²) in [4.78, 5) is 11.6. The van der Waals surface area contributed by atoms with Gasteiger partial charge in [-0.3, -0.25) is 4.79 Å². The van der Waals surface area contributed by atoms with Gasteiger partial charge in [0.2, 0.25) is 5.91 Å². The van der Waals surface area contributed by atoms with Crippen LogP contribution in [0.1, 0.15) is 33.1 Å². The topological polar surface area (TPSA) is 38.3 Å². The van der Waals surface area contributed by atoms with Crippen molar-refractivity contribution in [3.05, 3.63) is 0 Å². The second-order valence-corrected chi connectivity index (χ2v) is 4.34. The van der Waals surface area contributed by atoms with Crippen molar-refractivity contribution in [1.29, 1.82) is 0 Å². The molecule has 13 heavy (non-hydrogen) atoms. The minimum absolute atomic E-state index is 0.0960. The van der Waals surface area contributed by atoms with E-state index in [1.165, 1.54) is 0 Å². The zero-order valence-corrected chi connectivity index (χ0v) is 8.25. The molecule has 0 bridgehead atoms. The Bertz CT molecular complexity index is 217. The highest BCUT2D eigenvalue weighted by molar-refractivity contribution is 5.81. The highest BCUT2D eigenvalue weighted by atomic mass is 16.5. The molecule has 2 rings (SSSR count). The first-order chi connectivity index (χ1) is 6.16. The van der Waals surface area contributed by atoms with Crippen LogP contribution in [-0.2, 0) is 9.53 Å². The molecule has 1 saturated heterocycles. The van der Waals surface area contributed by atoms with Crippen LogP contribution in [-0.4, -0.2) is 24.2 Å². The van der Waals surface area contributed by atoms with E-state index in [0.717, 1.165) is 19.3 Å². The van der Waals surface area contributed by atoms with Gasteiger partial charge in [-0.15, -0.1) is 0 Å². The molecule has 1 N–H and O–H groups in total. The van der Waals surface area contributed by atoms with E-state index in [2.05, 4.69) is 12.2 Å². The number of ether oxygens (including phenoxy) is 1. The lowest BCUT2D eigenvalue weighted by atomic mass is 10.2. The van der Waals surface area contributed by atoms with Crippen LogP contribution in [0.4, 0.5) is 0 Å². The summed E-state index contributed by atoms with van der Waals surface area (Å²) in [7, 11) is 0. The normalized spacial score (nSPS) is 43.2. The largest absolute Gasteiger partial charge is 0.365 e. The maximum atomic E-state index is 11.6. The lowest BCUT2D eigenvalue weighted by Crippen LogP contribution is -2.36. The Morgan fingerprint density at radius 3 is 2.54 bits per heavy atom. The molecule has 1 aliphatic heterocycles. The zero-order valence-electron chi connectivity index (χ0n) is 8.25. The third kappa shape index (κ3) is 2.02. The fourth-order valence-corrected chi connectivity index (χ4v) is 1.79. The summed E-state index contributed by atoms with van der Waals surface area (Å²) in [6, 6.07) is 0.423. The molecule has 74 valence electrons. The van der Waals surface area contributed by atoms with Gasteiger partial charge in [-0.2, -0.15) is 0 Å².